The third kappa shape index (κ3) is 4.51. The van der Waals surface area contributed by atoms with Gasteiger partial charge in [-0.05, 0) is 25.0 Å². The van der Waals surface area contributed by atoms with Crippen LogP contribution in [0.1, 0.15) is 23.2 Å². The minimum absolute atomic E-state index is 0. The van der Waals surface area contributed by atoms with E-state index in [4.69, 9.17) is 5.73 Å². The molecule has 2 rings (SSSR count). The van der Waals surface area contributed by atoms with E-state index in [1.165, 1.54) is 0 Å². The van der Waals surface area contributed by atoms with Crippen molar-refractivity contribution in [3.8, 4) is 0 Å². The maximum atomic E-state index is 11.9. The van der Waals surface area contributed by atoms with Crippen LogP contribution in [0.4, 0.5) is 0 Å². The van der Waals surface area contributed by atoms with Gasteiger partial charge < -0.3 is 16.0 Å². The van der Waals surface area contributed by atoms with E-state index >= 15 is 0 Å². The number of benzene rings is 1. The van der Waals surface area contributed by atoms with Crippen molar-refractivity contribution in [2.75, 3.05) is 19.6 Å². The first-order chi connectivity index (χ1) is 9.16. The normalized spacial score (nSPS) is 18.1. The van der Waals surface area contributed by atoms with E-state index in [1.807, 2.05) is 6.07 Å². The van der Waals surface area contributed by atoms with Crippen LogP contribution < -0.4 is 11.1 Å². The zero-order valence-corrected chi connectivity index (χ0v) is 12.1. The fourth-order valence-corrected chi connectivity index (χ4v) is 2.20. The Kier molecular flexibility index (Phi) is 6.48. The molecular weight excluding hydrogens is 278 g/mol. The smallest absolute Gasteiger partial charge is 0.251 e. The summed E-state index contributed by atoms with van der Waals surface area (Å²) < 4.78 is 0. The van der Waals surface area contributed by atoms with Crippen molar-refractivity contribution < 1.29 is 9.59 Å². The molecule has 1 aromatic rings. The number of piperidine rings is 1. The van der Waals surface area contributed by atoms with Crippen LogP contribution in [-0.2, 0) is 4.79 Å². The van der Waals surface area contributed by atoms with Gasteiger partial charge in [0, 0.05) is 24.7 Å². The first kappa shape index (κ1) is 16.5. The van der Waals surface area contributed by atoms with E-state index in [2.05, 4.69) is 5.32 Å². The van der Waals surface area contributed by atoms with Gasteiger partial charge in [-0.15, -0.1) is 12.4 Å². The van der Waals surface area contributed by atoms with Crippen LogP contribution >= 0.6 is 12.4 Å². The second-order valence-corrected chi connectivity index (χ2v) is 4.79. The molecule has 0 spiro atoms. The summed E-state index contributed by atoms with van der Waals surface area (Å²) in [5, 5.41) is 2.64. The molecule has 1 aromatic carbocycles. The molecule has 1 saturated heterocycles. The fraction of sp³-hybridized carbons (Fsp3) is 0.429. The van der Waals surface area contributed by atoms with Gasteiger partial charge >= 0.3 is 0 Å². The van der Waals surface area contributed by atoms with Crippen LogP contribution in [-0.4, -0.2) is 42.4 Å². The molecule has 1 atom stereocenters. The Morgan fingerprint density at radius 1 is 1.30 bits per heavy atom. The van der Waals surface area contributed by atoms with Gasteiger partial charge in [-0.2, -0.15) is 0 Å². The Morgan fingerprint density at radius 2 is 2.00 bits per heavy atom. The molecule has 1 aliphatic heterocycles. The molecule has 2 amide bonds. The number of hydrogen-bond acceptors (Lipinski definition) is 3. The molecule has 3 N–H and O–H groups in total. The average molecular weight is 298 g/mol. The molecule has 0 aromatic heterocycles. The van der Waals surface area contributed by atoms with Gasteiger partial charge in [0.2, 0.25) is 5.91 Å². The number of likely N-dealkylation sites (tertiary alicyclic amines) is 1. The van der Waals surface area contributed by atoms with Gasteiger partial charge in [-0.3, -0.25) is 9.59 Å². The Morgan fingerprint density at radius 3 is 2.65 bits per heavy atom. The van der Waals surface area contributed by atoms with Crippen LogP contribution in [0.5, 0.6) is 0 Å². The lowest BCUT2D eigenvalue weighted by Crippen LogP contribution is -2.48. The predicted octanol–water partition coefficient (Wildman–Crippen LogP) is 0.788. The van der Waals surface area contributed by atoms with Crippen molar-refractivity contribution >= 4 is 24.2 Å². The topological polar surface area (TPSA) is 75.4 Å². The maximum Gasteiger partial charge on any atom is 0.251 e. The number of hydrogen-bond donors (Lipinski definition) is 2. The molecule has 1 aliphatic rings. The quantitative estimate of drug-likeness (QED) is 0.866. The predicted molar refractivity (Wildman–Crippen MR) is 79.8 cm³/mol. The lowest BCUT2D eigenvalue weighted by molar-refractivity contribution is -0.131. The van der Waals surface area contributed by atoms with E-state index in [9.17, 15) is 9.59 Å². The van der Waals surface area contributed by atoms with Gasteiger partial charge in [0.05, 0.1) is 6.54 Å². The summed E-state index contributed by atoms with van der Waals surface area (Å²) in [5.41, 5.74) is 6.39. The standard InChI is InChI=1S/C14H19N3O2.ClH/c15-12-7-4-8-17(10-12)13(18)9-16-14(19)11-5-2-1-3-6-11;/h1-3,5-6,12H,4,7-10,15H2,(H,16,19);1H/t12-;/m1./s1. The van der Waals surface area contributed by atoms with Crippen LogP contribution in [0, 0.1) is 0 Å². The van der Waals surface area contributed by atoms with Crippen molar-refractivity contribution in [2.24, 2.45) is 5.73 Å². The highest BCUT2D eigenvalue weighted by atomic mass is 35.5. The summed E-state index contributed by atoms with van der Waals surface area (Å²) in [6.07, 6.45) is 1.89. The Hall–Kier alpha value is -1.59. The summed E-state index contributed by atoms with van der Waals surface area (Å²) in [4.78, 5) is 25.4. The van der Waals surface area contributed by atoms with Crippen molar-refractivity contribution in [1.29, 1.82) is 0 Å². The largest absolute Gasteiger partial charge is 0.343 e. The van der Waals surface area contributed by atoms with Gasteiger partial charge in [-0.25, -0.2) is 0 Å². The Bertz CT molecular complexity index is 453. The molecule has 110 valence electrons. The average Bonchev–Trinajstić information content (AvgIpc) is 2.45. The van der Waals surface area contributed by atoms with Crippen molar-refractivity contribution in [3.63, 3.8) is 0 Å². The second-order valence-electron chi connectivity index (χ2n) is 4.79. The molecule has 1 heterocycles. The molecule has 20 heavy (non-hydrogen) atoms. The molecule has 0 radical (unpaired) electrons. The number of amides is 2. The summed E-state index contributed by atoms with van der Waals surface area (Å²) in [6, 6.07) is 8.92. The Labute approximate surface area is 124 Å². The van der Waals surface area contributed by atoms with Crippen LogP contribution in [0.15, 0.2) is 30.3 Å². The van der Waals surface area contributed by atoms with E-state index < -0.39 is 0 Å². The third-order valence-electron chi connectivity index (χ3n) is 3.25. The van der Waals surface area contributed by atoms with Crippen LogP contribution in [0.2, 0.25) is 0 Å². The molecule has 0 bridgehead atoms. The first-order valence-electron chi connectivity index (χ1n) is 6.53. The van der Waals surface area contributed by atoms with E-state index in [0.29, 0.717) is 12.1 Å². The van der Waals surface area contributed by atoms with Crippen LogP contribution in [0.25, 0.3) is 0 Å². The van der Waals surface area contributed by atoms with Gasteiger partial charge in [-0.1, -0.05) is 18.2 Å². The molecule has 5 nitrogen and oxygen atoms in total. The molecule has 0 aliphatic carbocycles. The summed E-state index contributed by atoms with van der Waals surface area (Å²) >= 11 is 0. The number of nitrogens with zero attached hydrogens (tertiary/aromatic N) is 1. The van der Waals surface area contributed by atoms with E-state index in [1.54, 1.807) is 29.2 Å². The summed E-state index contributed by atoms with van der Waals surface area (Å²) in [6.45, 7) is 1.34. The highest BCUT2D eigenvalue weighted by Gasteiger charge is 2.21. The lowest BCUT2D eigenvalue weighted by atomic mass is 10.1. The molecule has 6 heteroatoms. The van der Waals surface area contributed by atoms with Gasteiger partial charge in [0.1, 0.15) is 0 Å². The first-order valence-corrected chi connectivity index (χ1v) is 6.53. The minimum Gasteiger partial charge on any atom is -0.343 e. The van der Waals surface area contributed by atoms with Crippen molar-refractivity contribution in [2.45, 2.75) is 18.9 Å². The van der Waals surface area contributed by atoms with E-state index in [-0.39, 0.29) is 36.8 Å². The highest BCUT2D eigenvalue weighted by Crippen LogP contribution is 2.08. The van der Waals surface area contributed by atoms with Gasteiger partial charge in [0.15, 0.2) is 0 Å². The zero-order chi connectivity index (χ0) is 13.7. The number of halogens is 1. The van der Waals surface area contributed by atoms with Crippen molar-refractivity contribution in [1.82, 2.24) is 10.2 Å². The Balaban J connectivity index is 0.00000200. The molecule has 1 fully saturated rings. The number of nitrogens with two attached hydrogens (primary N) is 1. The second kappa shape index (κ2) is 7.87. The minimum atomic E-state index is -0.227. The van der Waals surface area contributed by atoms with E-state index in [0.717, 1.165) is 19.4 Å². The molecule has 0 unspecified atom stereocenters. The molecular formula is C14H20ClN3O2. The third-order valence-corrected chi connectivity index (χ3v) is 3.25. The van der Waals surface area contributed by atoms with Crippen LogP contribution in [0.3, 0.4) is 0 Å². The van der Waals surface area contributed by atoms with Crippen molar-refractivity contribution in [3.05, 3.63) is 35.9 Å². The fourth-order valence-electron chi connectivity index (χ4n) is 2.20. The molecule has 0 saturated carbocycles. The van der Waals surface area contributed by atoms with Gasteiger partial charge in [0.25, 0.3) is 5.91 Å². The zero-order valence-electron chi connectivity index (χ0n) is 11.2. The number of carbonyl (C=O) groups is 2. The SMILES string of the molecule is Cl.N[C@@H]1CCCN(C(=O)CNC(=O)c2ccccc2)C1. The summed E-state index contributed by atoms with van der Waals surface area (Å²) in [5.74, 6) is -0.297. The summed E-state index contributed by atoms with van der Waals surface area (Å²) in [7, 11) is 0. The highest BCUT2D eigenvalue weighted by molar-refractivity contribution is 5.96. The number of rotatable bonds is 3. The number of nitrogens with one attached hydrogen (secondary N) is 1. The maximum absolute atomic E-state index is 11.9. The number of carbonyl (C=O) groups excluding carboxylic acids is 2. The monoisotopic (exact) mass is 297 g/mol. The lowest BCUT2D eigenvalue weighted by Gasteiger charge is -2.30.